The molecule has 2 saturated heterocycles. The van der Waals surface area contributed by atoms with Crippen LogP contribution in [-0.4, -0.2) is 55.4 Å². The maximum Gasteiger partial charge on any atom is 0.249 e. The fourth-order valence-corrected chi connectivity index (χ4v) is 4.47. The first-order valence-corrected chi connectivity index (χ1v) is 11.2. The summed E-state index contributed by atoms with van der Waals surface area (Å²) < 4.78 is 15.9. The second-order valence-corrected chi connectivity index (χ2v) is 8.50. The molecule has 1 atom stereocenters. The maximum absolute atomic E-state index is 14.4. The van der Waals surface area contributed by atoms with Crippen molar-refractivity contribution in [2.45, 2.75) is 32.2 Å². The van der Waals surface area contributed by atoms with Crippen LogP contribution in [0, 0.1) is 18.7 Å². The number of rotatable bonds is 4. The molecule has 172 valence electrons. The van der Waals surface area contributed by atoms with Gasteiger partial charge in [-0.15, -0.1) is 0 Å². The van der Waals surface area contributed by atoms with Gasteiger partial charge in [0.2, 0.25) is 11.9 Å². The number of piperidine rings is 1. The summed E-state index contributed by atoms with van der Waals surface area (Å²) in [6, 6.07) is 5.58. The van der Waals surface area contributed by atoms with Crippen molar-refractivity contribution in [2.75, 3.05) is 24.6 Å². The van der Waals surface area contributed by atoms with E-state index in [0.717, 1.165) is 17.7 Å². The van der Waals surface area contributed by atoms with Gasteiger partial charge >= 0.3 is 0 Å². The van der Waals surface area contributed by atoms with Crippen molar-refractivity contribution in [3.05, 3.63) is 53.9 Å². The second-order valence-electron chi connectivity index (χ2n) is 8.50. The van der Waals surface area contributed by atoms with Crippen LogP contribution in [0.3, 0.4) is 0 Å². The number of aryl methyl sites for hydroxylation is 2. The third kappa shape index (κ3) is 4.18. The molecule has 2 aliphatic rings. The summed E-state index contributed by atoms with van der Waals surface area (Å²) in [5.74, 6) is -0.166. The summed E-state index contributed by atoms with van der Waals surface area (Å²) in [7, 11) is 1.74. The molecule has 0 bridgehead atoms. The first-order valence-electron chi connectivity index (χ1n) is 11.2. The lowest BCUT2D eigenvalue weighted by Gasteiger charge is -2.34. The number of aromatic nitrogens is 5. The number of anilines is 1. The molecule has 2 aliphatic heterocycles. The molecule has 0 aliphatic carbocycles. The van der Waals surface area contributed by atoms with Crippen molar-refractivity contribution in [2.24, 2.45) is 13.0 Å². The zero-order valence-corrected chi connectivity index (χ0v) is 18.7. The molecule has 0 saturated carbocycles. The molecule has 0 N–H and O–H groups in total. The lowest BCUT2D eigenvalue weighted by Crippen LogP contribution is -2.42. The average Bonchev–Trinajstić information content (AvgIpc) is 3.49. The van der Waals surface area contributed by atoms with Gasteiger partial charge in [-0.2, -0.15) is 5.10 Å². The molecule has 3 aromatic rings. The van der Waals surface area contributed by atoms with E-state index < -0.39 is 5.82 Å². The molecule has 33 heavy (non-hydrogen) atoms. The van der Waals surface area contributed by atoms with Crippen LogP contribution in [-0.2, 0) is 16.7 Å². The molecule has 9 nitrogen and oxygen atoms in total. The van der Waals surface area contributed by atoms with Gasteiger partial charge in [-0.25, -0.2) is 19.4 Å². The zero-order valence-electron chi connectivity index (χ0n) is 18.7. The normalized spacial score (nSPS) is 19.3. The molecule has 3 aromatic heterocycles. The Kier molecular flexibility index (Phi) is 5.76. The number of hydrogen-bond donors (Lipinski definition) is 0. The van der Waals surface area contributed by atoms with E-state index in [1.165, 1.54) is 6.20 Å². The van der Waals surface area contributed by atoms with Gasteiger partial charge in [-0.3, -0.25) is 19.3 Å². The Bertz CT molecular complexity index is 1140. The number of hydroxylamine groups is 2. The maximum atomic E-state index is 14.4. The lowest BCUT2D eigenvalue weighted by molar-refractivity contribution is -0.182. The molecule has 2 fully saturated rings. The van der Waals surface area contributed by atoms with E-state index in [9.17, 15) is 9.18 Å². The zero-order chi connectivity index (χ0) is 22.9. The first-order chi connectivity index (χ1) is 16.0. The quantitative estimate of drug-likeness (QED) is 0.603. The van der Waals surface area contributed by atoms with Crippen LogP contribution >= 0.6 is 0 Å². The summed E-state index contributed by atoms with van der Waals surface area (Å²) in [5.41, 5.74) is 2.74. The highest BCUT2D eigenvalue weighted by Crippen LogP contribution is 2.33. The largest absolute Gasteiger partial charge is 0.341 e. The molecule has 0 spiro atoms. The highest BCUT2D eigenvalue weighted by molar-refractivity contribution is 5.79. The third-order valence-corrected chi connectivity index (χ3v) is 6.36. The Labute approximate surface area is 191 Å². The molecular formula is C23H26FN7O2. The van der Waals surface area contributed by atoms with Crippen molar-refractivity contribution in [1.29, 1.82) is 0 Å². The average molecular weight is 452 g/mol. The van der Waals surface area contributed by atoms with Crippen molar-refractivity contribution in [3.63, 3.8) is 0 Å². The molecule has 10 heteroatoms. The summed E-state index contributed by atoms with van der Waals surface area (Å²) in [5, 5.41) is 5.64. The SMILES string of the molecule is Cc1ccc([C@@H]2CCON2C(=O)C2CCN(c3ncc(F)c(-c4ccnn4C)n3)CC2)cn1. The van der Waals surface area contributed by atoms with Crippen molar-refractivity contribution >= 4 is 11.9 Å². The number of amides is 1. The monoisotopic (exact) mass is 451 g/mol. The van der Waals surface area contributed by atoms with Gasteiger partial charge in [0.05, 0.1) is 24.5 Å². The Hall–Kier alpha value is -3.40. The second kappa shape index (κ2) is 8.86. The van der Waals surface area contributed by atoms with Gasteiger partial charge in [0.1, 0.15) is 5.69 Å². The minimum absolute atomic E-state index is 0.00771. The van der Waals surface area contributed by atoms with Crippen molar-refractivity contribution in [3.8, 4) is 11.4 Å². The van der Waals surface area contributed by atoms with Crippen LogP contribution in [0.2, 0.25) is 0 Å². The van der Waals surface area contributed by atoms with E-state index in [-0.39, 0.29) is 23.6 Å². The van der Waals surface area contributed by atoms with E-state index in [1.54, 1.807) is 29.1 Å². The van der Waals surface area contributed by atoms with Crippen molar-refractivity contribution in [1.82, 2.24) is 29.8 Å². The van der Waals surface area contributed by atoms with Gasteiger partial charge < -0.3 is 4.90 Å². The topological polar surface area (TPSA) is 89.3 Å². The fraction of sp³-hybridized carbons (Fsp3) is 0.435. The number of carbonyl (C=O) groups excluding carboxylic acids is 1. The van der Waals surface area contributed by atoms with Gasteiger partial charge in [0.25, 0.3) is 0 Å². The molecule has 0 unspecified atom stereocenters. The molecule has 0 aromatic carbocycles. The standard InChI is InChI=1S/C23H26FN7O2/c1-15-3-4-17(13-25-15)19-8-12-33-31(19)22(32)16-6-10-30(11-7-16)23-26-14-18(24)21(28-23)20-5-9-27-29(20)2/h3-5,9,13-14,16,19H,6-8,10-12H2,1-2H3/t19-/m0/s1. The fourth-order valence-electron chi connectivity index (χ4n) is 4.47. The predicted molar refractivity (Wildman–Crippen MR) is 118 cm³/mol. The highest BCUT2D eigenvalue weighted by atomic mass is 19.1. The van der Waals surface area contributed by atoms with Gasteiger partial charge in [-0.05, 0) is 37.5 Å². The van der Waals surface area contributed by atoms with E-state index >= 15 is 0 Å². The van der Waals surface area contributed by atoms with Crippen LogP contribution in [0.1, 0.15) is 36.6 Å². The number of halogens is 1. The minimum atomic E-state index is -0.491. The molecule has 0 radical (unpaired) electrons. The molecular weight excluding hydrogens is 425 g/mol. The van der Waals surface area contributed by atoms with Crippen molar-refractivity contribution < 1.29 is 14.0 Å². The first kappa shape index (κ1) is 21.4. The van der Waals surface area contributed by atoms with E-state index in [4.69, 9.17) is 4.84 Å². The van der Waals surface area contributed by atoms with Crippen LogP contribution < -0.4 is 4.90 Å². The molecule has 5 rings (SSSR count). The van der Waals surface area contributed by atoms with Crippen LogP contribution in [0.25, 0.3) is 11.4 Å². The Morgan fingerprint density at radius 1 is 1.12 bits per heavy atom. The number of nitrogens with zero attached hydrogens (tertiary/aromatic N) is 7. The number of carbonyl (C=O) groups is 1. The third-order valence-electron chi connectivity index (χ3n) is 6.36. The lowest BCUT2D eigenvalue weighted by atomic mass is 9.95. The van der Waals surface area contributed by atoms with E-state index in [2.05, 4.69) is 20.1 Å². The smallest absolute Gasteiger partial charge is 0.249 e. The van der Waals surface area contributed by atoms with Gasteiger partial charge in [0, 0.05) is 50.6 Å². The van der Waals surface area contributed by atoms with Gasteiger partial charge in [-0.1, -0.05) is 6.07 Å². The molecule has 1 amide bonds. The minimum Gasteiger partial charge on any atom is -0.341 e. The number of hydrogen-bond acceptors (Lipinski definition) is 7. The Morgan fingerprint density at radius 3 is 2.64 bits per heavy atom. The predicted octanol–water partition coefficient (Wildman–Crippen LogP) is 2.84. The van der Waals surface area contributed by atoms with Crippen LogP contribution in [0.5, 0.6) is 0 Å². The summed E-state index contributed by atoms with van der Waals surface area (Å²) in [6.07, 6.45) is 6.69. The summed E-state index contributed by atoms with van der Waals surface area (Å²) in [6.45, 7) is 3.68. The number of pyridine rings is 1. The summed E-state index contributed by atoms with van der Waals surface area (Å²) >= 11 is 0. The molecule has 5 heterocycles. The Morgan fingerprint density at radius 2 is 1.94 bits per heavy atom. The summed E-state index contributed by atoms with van der Waals surface area (Å²) in [4.78, 5) is 34.0. The highest BCUT2D eigenvalue weighted by Gasteiger charge is 2.37. The van der Waals surface area contributed by atoms with Crippen LogP contribution in [0.15, 0.2) is 36.8 Å². The Balaban J connectivity index is 1.26. The van der Waals surface area contributed by atoms with Gasteiger partial charge in [0.15, 0.2) is 5.82 Å². The van der Waals surface area contributed by atoms with E-state index in [0.29, 0.717) is 44.2 Å². The van der Waals surface area contributed by atoms with E-state index in [1.807, 2.05) is 30.2 Å². The van der Waals surface area contributed by atoms with Crippen LogP contribution in [0.4, 0.5) is 10.3 Å².